The molecular weight excluding hydrogens is 430 g/mol. The quantitative estimate of drug-likeness (QED) is 0.326. The number of amides is 2. The number of nitrogens with two attached hydrogens (primary N) is 1. The molecule has 0 spiro atoms. The Hall–Kier alpha value is -3.40. The molecule has 34 heavy (non-hydrogen) atoms. The molecule has 182 valence electrons. The highest BCUT2D eigenvalue weighted by Crippen LogP contribution is 2.28. The predicted molar refractivity (Wildman–Crippen MR) is 135 cm³/mol. The Morgan fingerprint density at radius 3 is 2.62 bits per heavy atom. The Morgan fingerprint density at radius 1 is 1.21 bits per heavy atom. The van der Waals surface area contributed by atoms with Crippen LogP contribution in [-0.2, 0) is 0 Å². The Bertz CT molecular complexity index is 1000. The lowest BCUT2D eigenvalue weighted by Gasteiger charge is -2.34. The van der Waals surface area contributed by atoms with E-state index in [-0.39, 0.29) is 17.9 Å². The summed E-state index contributed by atoms with van der Waals surface area (Å²) in [6.07, 6.45) is 5.82. The second kappa shape index (κ2) is 10.7. The highest BCUT2D eigenvalue weighted by atomic mass is 16.2. The molecule has 0 bridgehead atoms. The van der Waals surface area contributed by atoms with Crippen LogP contribution in [0.25, 0.3) is 0 Å². The average Bonchev–Trinajstić information content (AvgIpc) is 2.85. The van der Waals surface area contributed by atoms with Gasteiger partial charge in [-0.2, -0.15) is 0 Å². The van der Waals surface area contributed by atoms with Gasteiger partial charge in [0, 0.05) is 38.9 Å². The van der Waals surface area contributed by atoms with Gasteiger partial charge in [-0.3, -0.25) is 5.41 Å². The number of nitrogen functional groups attached to an aromatic ring is 1. The number of aromatic nitrogens is 2. The maximum absolute atomic E-state index is 12.1. The molecule has 4 rings (SSSR count). The van der Waals surface area contributed by atoms with Crippen LogP contribution in [-0.4, -0.2) is 73.1 Å². The van der Waals surface area contributed by atoms with Crippen LogP contribution >= 0.6 is 0 Å². The summed E-state index contributed by atoms with van der Waals surface area (Å²) in [4.78, 5) is 24.9. The minimum absolute atomic E-state index is 0.0388. The van der Waals surface area contributed by atoms with Crippen molar-refractivity contribution < 1.29 is 4.79 Å². The standard InChI is InChI=1S/C24H35N9O/c1-32(2)24(34)30-19-4-3-13-33(15-19)20-14-28-21(22(25)26)23(31-20)29-18-7-5-16(6-8-18)17-9-11-27-12-10-17/h5-8,14,17,19,27H,3-4,9-13,15H2,1-2H3,(H3,25,26)(H,29,31)(H,30,34)/t19-/m1/s1. The Balaban J connectivity index is 1.50. The molecule has 2 aliphatic rings. The van der Waals surface area contributed by atoms with Crippen LogP contribution in [0.3, 0.4) is 0 Å². The number of hydrogen-bond acceptors (Lipinski definition) is 7. The molecule has 2 aromatic rings. The van der Waals surface area contributed by atoms with Crippen LogP contribution in [0.5, 0.6) is 0 Å². The lowest BCUT2D eigenvalue weighted by Crippen LogP contribution is -2.50. The van der Waals surface area contributed by atoms with E-state index < -0.39 is 0 Å². The number of carbonyl (C=O) groups is 1. The average molecular weight is 466 g/mol. The third-order valence-electron chi connectivity index (χ3n) is 6.48. The van der Waals surface area contributed by atoms with Gasteiger partial charge in [0.1, 0.15) is 17.3 Å². The van der Waals surface area contributed by atoms with Crippen molar-refractivity contribution in [2.45, 2.75) is 37.6 Å². The molecule has 0 aliphatic carbocycles. The van der Waals surface area contributed by atoms with Gasteiger partial charge in [-0.15, -0.1) is 0 Å². The summed E-state index contributed by atoms with van der Waals surface area (Å²) in [5, 5.41) is 17.7. The number of anilines is 3. The predicted octanol–water partition coefficient (Wildman–Crippen LogP) is 2.21. The second-order valence-electron chi connectivity index (χ2n) is 9.24. The molecule has 2 fully saturated rings. The molecule has 1 atom stereocenters. The molecular formula is C24H35N9O. The minimum atomic E-state index is -0.136. The Kier molecular flexibility index (Phi) is 7.46. The molecule has 0 radical (unpaired) electrons. The van der Waals surface area contributed by atoms with Crippen molar-refractivity contribution >= 4 is 29.2 Å². The summed E-state index contributed by atoms with van der Waals surface area (Å²) >= 11 is 0. The van der Waals surface area contributed by atoms with Gasteiger partial charge in [0.05, 0.1) is 6.20 Å². The number of nitrogens with zero attached hydrogens (tertiary/aromatic N) is 4. The van der Waals surface area contributed by atoms with Crippen molar-refractivity contribution in [3.63, 3.8) is 0 Å². The number of urea groups is 1. The lowest BCUT2D eigenvalue weighted by atomic mass is 9.90. The number of nitrogens with one attached hydrogen (secondary N) is 4. The van der Waals surface area contributed by atoms with Crippen molar-refractivity contribution in [2.75, 3.05) is 50.5 Å². The van der Waals surface area contributed by atoms with E-state index in [9.17, 15) is 4.79 Å². The van der Waals surface area contributed by atoms with E-state index in [0.717, 1.165) is 51.0 Å². The van der Waals surface area contributed by atoms with Gasteiger partial charge in [-0.1, -0.05) is 12.1 Å². The van der Waals surface area contributed by atoms with Gasteiger partial charge in [0.15, 0.2) is 5.82 Å². The summed E-state index contributed by atoms with van der Waals surface area (Å²) in [6, 6.07) is 8.35. The van der Waals surface area contributed by atoms with E-state index >= 15 is 0 Å². The lowest BCUT2D eigenvalue weighted by molar-refractivity contribution is 0.211. The van der Waals surface area contributed by atoms with Gasteiger partial charge in [0.2, 0.25) is 0 Å². The van der Waals surface area contributed by atoms with Crippen molar-refractivity contribution in [3.05, 3.63) is 41.7 Å². The largest absolute Gasteiger partial charge is 0.382 e. The van der Waals surface area contributed by atoms with Gasteiger partial charge in [0.25, 0.3) is 0 Å². The zero-order valence-electron chi connectivity index (χ0n) is 20.0. The molecule has 2 saturated heterocycles. The molecule has 0 saturated carbocycles. The van der Waals surface area contributed by atoms with Crippen LogP contribution in [0, 0.1) is 5.41 Å². The normalized spacial score (nSPS) is 18.9. The first kappa shape index (κ1) is 23.7. The van der Waals surface area contributed by atoms with E-state index in [1.54, 1.807) is 25.2 Å². The van der Waals surface area contributed by atoms with Crippen LogP contribution in [0.15, 0.2) is 30.5 Å². The van der Waals surface area contributed by atoms with Crippen LogP contribution in [0.2, 0.25) is 0 Å². The molecule has 10 nitrogen and oxygen atoms in total. The van der Waals surface area contributed by atoms with Crippen LogP contribution in [0.4, 0.5) is 22.1 Å². The Labute approximate surface area is 200 Å². The zero-order chi connectivity index (χ0) is 24.1. The van der Waals surface area contributed by atoms with E-state index in [4.69, 9.17) is 16.1 Å². The third kappa shape index (κ3) is 5.74. The van der Waals surface area contributed by atoms with E-state index in [1.807, 2.05) is 12.1 Å². The first-order valence-electron chi connectivity index (χ1n) is 11.9. The number of amidine groups is 1. The fourth-order valence-electron chi connectivity index (χ4n) is 4.55. The van der Waals surface area contributed by atoms with Gasteiger partial charge < -0.3 is 31.5 Å². The number of carbonyl (C=O) groups excluding carboxylic acids is 1. The third-order valence-corrected chi connectivity index (χ3v) is 6.48. The maximum Gasteiger partial charge on any atom is 0.317 e. The molecule has 0 unspecified atom stereocenters. The first-order chi connectivity index (χ1) is 16.4. The highest BCUT2D eigenvalue weighted by Gasteiger charge is 2.24. The minimum Gasteiger partial charge on any atom is -0.382 e. The molecule has 1 aromatic heterocycles. The maximum atomic E-state index is 12.1. The van der Waals surface area contributed by atoms with E-state index in [0.29, 0.717) is 29.8 Å². The topological polar surface area (TPSA) is 135 Å². The summed E-state index contributed by atoms with van der Waals surface area (Å²) in [6.45, 7) is 3.60. The summed E-state index contributed by atoms with van der Waals surface area (Å²) < 4.78 is 0. The zero-order valence-corrected chi connectivity index (χ0v) is 20.0. The number of benzene rings is 1. The number of piperidine rings is 2. The number of hydrogen-bond donors (Lipinski definition) is 5. The van der Waals surface area contributed by atoms with Crippen molar-refractivity contribution in [2.24, 2.45) is 5.73 Å². The molecule has 2 aliphatic heterocycles. The van der Waals surface area contributed by atoms with Crippen LogP contribution < -0.4 is 26.6 Å². The smallest absolute Gasteiger partial charge is 0.317 e. The molecule has 10 heteroatoms. The summed E-state index contributed by atoms with van der Waals surface area (Å²) in [7, 11) is 3.47. The fourth-order valence-corrected chi connectivity index (χ4v) is 4.55. The molecule has 3 heterocycles. The van der Waals surface area contributed by atoms with Crippen LogP contribution in [0.1, 0.15) is 42.9 Å². The first-order valence-corrected chi connectivity index (χ1v) is 11.9. The SMILES string of the molecule is CN(C)C(=O)N[C@@H]1CCCN(c2cnc(C(=N)N)c(Nc3ccc(C4CCNCC4)cc3)n2)C1. The van der Waals surface area contributed by atoms with Gasteiger partial charge in [-0.05, 0) is 62.4 Å². The second-order valence-corrected chi connectivity index (χ2v) is 9.24. The fraction of sp³-hybridized carbons (Fsp3) is 0.500. The van der Waals surface area contributed by atoms with Crippen molar-refractivity contribution in [1.29, 1.82) is 5.41 Å². The van der Waals surface area contributed by atoms with Gasteiger partial charge in [-0.25, -0.2) is 14.8 Å². The molecule has 1 aromatic carbocycles. The van der Waals surface area contributed by atoms with Crippen molar-refractivity contribution in [1.82, 2.24) is 25.5 Å². The van der Waals surface area contributed by atoms with Gasteiger partial charge >= 0.3 is 6.03 Å². The van der Waals surface area contributed by atoms with E-state index in [1.165, 1.54) is 5.56 Å². The highest BCUT2D eigenvalue weighted by molar-refractivity contribution is 5.98. The summed E-state index contributed by atoms with van der Waals surface area (Å²) in [5.41, 5.74) is 8.33. The number of rotatable bonds is 6. The molecule has 2 amide bonds. The van der Waals surface area contributed by atoms with E-state index in [2.05, 4.69) is 38.0 Å². The molecule has 6 N–H and O–H groups in total. The Morgan fingerprint density at radius 2 is 1.94 bits per heavy atom. The summed E-state index contributed by atoms with van der Waals surface area (Å²) in [5.74, 6) is 1.61. The van der Waals surface area contributed by atoms with Crippen molar-refractivity contribution in [3.8, 4) is 0 Å². The monoisotopic (exact) mass is 465 g/mol.